The Morgan fingerprint density at radius 3 is 2.33 bits per heavy atom. The average Bonchev–Trinajstić information content (AvgIpc) is 2.90. The number of hydrogen-bond donors (Lipinski definition) is 1. The number of nitrogens with zero attached hydrogens (tertiary/aromatic N) is 2. The monoisotopic (exact) mass is 421 g/mol. The summed E-state index contributed by atoms with van der Waals surface area (Å²) in [6.07, 6.45) is 1.49. The van der Waals surface area contributed by atoms with Crippen LogP contribution in [0, 0.1) is 10.1 Å². The molecule has 2 aromatic carbocycles. The molecule has 138 valence electrons. The third-order valence-corrected chi connectivity index (χ3v) is 6.08. The first-order chi connectivity index (χ1) is 12.8. The molecule has 2 aromatic rings. The molecule has 1 aliphatic heterocycles. The third kappa shape index (κ3) is 4.22. The Morgan fingerprint density at radius 1 is 1.11 bits per heavy atom. The lowest BCUT2D eigenvalue weighted by atomic mass is 10.2. The zero-order valence-electron chi connectivity index (χ0n) is 13.4. The smallest absolute Gasteiger partial charge is 0.267 e. The lowest BCUT2D eigenvalue weighted by Crippen LogP contribution is -2.44. The van der Waals surface area contributed by atoms with E-state index in [-0.39, 0.29) is 19.8 Å². The molecule has 1 amide bonds. The molecule has 1 heterocycles. The highest BCUT2D eigenvalue weighted by Crippen LogP contribution is 2.32. The molecule has 0 bridgehead atoms. The largest absolute Gasteiger partial charge is 0.281 e. The molecule has 0 aliphatic carbocycles. The molecule has 0 unspecified atom stereocenters. The summed E-state index contributed by atoms with van der Waals surface area (Å²) in [5.74, 6) is -0.622. The zero-order chi connectivity index (χ0) is 19.6. The van der Waals surface area contributed by atoms with Crippen molar-refractivity contribution in [3.05, 3.63) is 75.2 Å². The van der Waals surface area contributed by atoms with E-state index in [9.17, 15) is 23.3 Å². The van der Waals surface area contributed by atoms with E-state index in [4.69, 9.17) is 12.2 Å². The third-order valence-electron chi connectivity index (χ3n) is 3.46. The number of thioether (sulfide) groups is 1. The normalized spacial score (nSPS) is 16.1. The molecular formula is C16H11N3O5S3. The Kier molecular flexibility index (Phi) is 5.37. The second-order valence-electron chi connectivity index (χ2n) is 5.27. The van der Waals surface area contributed by atoms with Crippen LogP contribution in [0.2, 0.25) is 0 Å². The van der Waals surface area contributed by atoms with Gasteiger partial charge in [-0.3, -0.25) is 14.9 Å². The number of hydrazine groups is 1. The fourth-order valence-corrected chi connectivity index (χ4v) is 4.49. The fourth-order valence-electron chi connectivity index (χ4n) is 2.16. The van der Waals surface area contributed by atoms with Gasteiger partial charge in [-0.25, -0.2) is 13.4 Å². The van der Waals surface area contributed by atoms with E-state index in [0.29, 0.717) is 5.56 Å². The van der Waals surface area contributed by atoms with Crippen molar-refractivity contribution in [2.45, 2.75) is 4.90 Å². The summed E-state index contributed by atoms with van der Waals surface area (Å²) in [6.45, 7) is 0. The van der Waals surface area contributed by atoms with Gasteiger partial charge in [-0.15, -0.1) is 4.83 Å². The highest BCUT2D eigenvalue weighted by molar-refractivity contribution is 8.26. The summed E-state index contributed by atoms with van der Waals surface area (Å²) in [5.41, 5.74) is 0.474. The van der Waals surface area contributed by atoms with Gasteiger partial charge in [-0.1, -0.05) is 42.2 Å². The molecule has 0 radical (unpaired) electrons. The van der Waals surface area contributed by atoms with Gasteiger partial charge in [0.1, 0.15) is 0 Å². The Morgan fingerprint density at radius 2 is 1.74 bits per heavy atom. The molecule has 1 fully saturated rings. The van der Waals surface area contributed by atoms with E-state index in [0.717, 1.165) is 16.8 Å². The van der Waals surface area contributed by atoms with Gasteiger partial charge in [0.2, 0.25) is 0 Å². The summed E-state index contributed by atoms with van der Waals surface area (Å²) in [7, 11) is -3.97. The van der Waals surface area contributed by atoms with E-state index in [1.165, 1.54) is 42.5 Å². The van der Waals surface area contributed by atoms with Gasteiger partial charge >= 0.3 is 0 Å². The number of thiocarbonyl (C=S) groups is 1. The van der Waals surface area contributed by atoms with Crippen LogP contribution in [-0.4, -0.2) is 28.6 Å². The molecule has 3 rings (SSSR count). The van der Waals surface area contributed by atoms with Gasteiger partial charge in [0.15, 0.2) is 4.32 Å². The van der Waals surface area contributed by atoms with Crippen molar-refractivity contribution in [2.24, 2.45) is 0 Å². The van der Waals surface area contributed by atoms with Gasteiger partial charge < -0.3 is 0 Å². The molecule has 8 nitrogen and oxygen atoms in total. The van der Waals surface area contributed by atoms with Crippen LogP contribution >= 0.6 is 24.0 Å². The zero-order valence-corrected chi connectivity index (χ0v) is 15.9. The van der Waals surface area contributed by atoms with Crippen LogP contribution in [0.1, 0.15) is 5.56 Å². The first kappa shape index (κ1) is 19.2. The van der Waals surface area contributed by atoms with Crippen molar-refractivity contribution < 1.29 is 18.1 Å². The lowest BCUT2D eigenvalue weighted by molar-refractivity contribution is -0.384. The van der Waals surface area contributed by atoms with Gasteiger partial charge in [0.25, 0.3) is 21.6 Å². The van der Waals surface area contributed by atoms with Crippen LogP contribution in [0.3, 0.4) is 0 Å². The first-order valence-electron chi connectivity index (χ1n) is 7.38. The first-order valence-corrected chi connectivity index (χ1v) is 10.1. The number of benzene rings is 2. The van der Waals surface area contributed by atoms with Crippen LogP contribution in [0.5, 0.6) is 0 Å². The van der Waals surface area contributed by atoms with Gasteiger partial charge in [-0.2, -0.15) is 0 Å². The SMILES string of the molecule is O=C1/C(=C/c2ccc([N+](=O)[O-])cc2)SC(=S)N1NS(=O)(=O)c1ccccc1. The summed E-state index contributed by atoms with van der Waals surface area (Å²) in [6, 6.07) is 13.2. The number of amides is 1. The topological polar surface area (TPSA) is 110 Å². The number of non-ortho nitro benzene ring substituents is 1. The maximum absolute atomic E-state index is 12.5. The second-order valence-corrected chi connectivity index (χ2v) is 8.61. The molecule has 1 saturated heterocycles. The number of carbonyl (C=O) groups excluding carboxylic acids is 1. The lowest BCUT2D eigenvalue weighted by Gasteiger charge is -2.15. The van der Waals surface area contributed by atoms with Gasteiger partial charge in [0, 0.05) is 12.1 Å². The van der Waals surface area contributed by atoms with Crippen molar-refractivity contribution in [3.63, 3.8) is 0 Å². The van der Waals surface area contributed by atoms with Crippen LogP contribution < -0.4 is 4.83 Å². The molecule has 0 aromatic heterocycles. The summed E-state index contributed by atoms with van der Waals surface area (Å²) in [4.78, 5) is 25.1. The van der Waals surface area contributed by atoms with E-state index >= 15 is 0 Å². The van der Waals surface area contributed by atoms with E-state index in [1.807, 2.05) is 0 Å². The highest BCUT2D eigenvalue weighted by Gasteiger charge is 2.35. The fraction of sp³-hybridized carbons (Fsp3) is 0. The molecule has 1 N–H and O–H groups in total. The van der Waals surface area contributed by atoms with Gasteiger partial charge in [-0.05, 0) is 35.9 Å². The molecule has 1 aliphatic rings. The molecule has 0 saturated carbocycles. The van der Waals surface area contributed by atoms with Crippen LogP contribution in [-0.2, 0) is 14.8 Å². The quantitative estimate of drug-likeness (QED) is 0.342. The van der Waals surface area contributed by atoms with Crippen molar-refractivity contribution in [3.8, 4) is 0 Å². The summed E-state index contributed by atoms with van der Waals surface area (Å²) >= 11 is 6.03. The van der Waals surface area contributed by atoms with Crippen LogP contribution in [0.25, 0.3) is 6.08 Å². The van der Waals surface area contributed by atoms with Crippen molar-refractivity contribution in [1.29, 1.82) is 0 Å². The second kappa shape index (κ2) is 7.56. The standard InChI is InChI=1S/C16H11N3O5S3/c20-15-14(10-11-6-8-12(9-7-11)19(21)22)26-16(25)18(15)17-27(23,24)13-4-2-1-3-5-13/h1-10,17H/b14-10-. The number of carbonyl (C=O) groups is 1. The Balaban J connectivity index is 1.82. The average molecular weight is 421 g/mol. The summed E-state index contributed by atoms with van der Waals surface area (Å²) < 4.78 is 24.8. The van der Waals surface area contributed by atoms with E-state index < -0.39 is 20.9 Å². The number of nitro benzene ring substituents is 1. The minimum atomic E-state index is -3.97. The van der Waals surface area contributed by atoms with Crippen molar-refractivity contribution in [2.75, 3.05) is 0 Å². The Labute approximate surface area is 164 Å². The maximum atomic E-state index is 12.5. The van der Waals surface area contributed by atoms with E-state index in [1.54, 1.807) is 18.2 Å². The molecular weight excluding hydrogens is 410 g/mol. The highest BCUT2D eigenvalue weighted by atomic mass is 32.2. The number of sulfonamides is 1. The summed E-state index contributed by atoms with van der Waals surface area (Å²) in [5, 5.41) is 11.5. The minimum Gasteiger partial charge on any atom is -0.267 e. The van der Waals surface area contributed by atoms with Crippen molar-refractivity contribution >= 4 is 56.0 Å². The number of nitrogens with one attached hydrogen (secondary N) is 1. The molecule has 27 heavy (non-hydrogen) atoms. The van der Waals surface area contributed by atoms with Gasteiger partial charge in [0.05, 0.1) is 14.7 Å². The number of rotatable bonds is 5. The predicted molar refractivity (Wildman–Crippen MR) is 105 cm³/mol. The molecule has 0 spiro atoms. The van der Waals surface area contributed by atoms with Crippen molar-refractivity contribution in [1.82, 2.24) is 9.84 Å². The van der Waals surface area contributed by atoms with E-state index in [2.05, 4.69) is 4.83 Å². The molecule has 0 atom stereocenters. The van der Waals surface area contributed by atoms with Crippen LogP contribution in [0.4, 0.5) is 5.69 Å². The minimum absolute atomic E-state index is 0.00148. The maximum Gasteiger partial charge on any atom is 0.281 e. The van der Waals surface area contributed by atoms with Crippen LogP contribution in [0.15, 0.2) is 64.4 Å². The Bertz CT molecular complexity index is 1050. The number of nitro groups is 1. The predicted octanol–water partition coefficient (Wildman–Crippen LogP) is 2.69. The Hall–Kier alpha value is -2.60. The number of hydrogen-bond acceptors (Lipinski definition) is 7. The molecule has 11 heteroatoms.